The number of rotatable bonds is 0. The Balaban J connectivity index is 0.000000405. The van der Waals surface area contributed by atoms with Gasteiger partial charge in [0, 0.05) is 5.82 Å². The molecule has 0 amide bonds. The average molecular weight is 116 g/mol. The van der Waals surface area contributed by atoms with E-state index in [0.29, 0.717) is 0 Å². The minimum Gasteiger partial charge on any atom is -0.373 e. The minimum atomic E-state index is 0. The van der Waals surface area contributed by atoms with E-state index in [4.69, 9.17) is 0 Å². The van der Waals surface area contributed by atoms with Crippen LogP contribution in [0, 0.1) is 0 Å². The average Bonchev–Trinajstić information content (AvgIpc) is 2.15. The Kier molecular flexibility index (Phi) is 1.79. The van der Waals surface area contributed by atoms with Gasteiger partial charge in [-0.2, -0.15) is 5.22 Å². The summed E-state index contributed by atoms with van der Waals surface area (Å²) in [5.41, 5.74) is 3.74. The molecule has 0 unspecified atom stereocenters. The van der Waals surface area contributed by atoms with Crippen molar-refractivity contribution in [3.63, 3.8) is 0 Å². The third-order valence-electron chi connectivity index (χ3n) is 1.23. The number of hydrogen-bond acceptors (Lipinski definition) is 3. The van der Waals surface area contributed by atoms with Crippen LogP contribution in [0.25, 0.3) is 5.43 Å². The van der Waals surface area contributed by atoms with E-state index in [0.717, 1.165) is 18.8 Å². The largest absolute Gasteiger partial charge is 1.00 e. The predicted molar refractivity (Wildman–Crippen MR) is 27.6 cm³/mol. The molecule has 0 aromatic carbocycles. The van der Waals surface area contributed by atoms with Crippen LogP contribution in [0.1, 0.15) is 6.42 Å². The SMILES string of the molecule is C1=C2[N-]N=NN2CC1.[Li+]. The fourth-order valence-electron chi connectivity index (χ4n) is 0.833. The third kappa shape index (κ3) is 0.957. The monoisotopic (exact) mass is 116 g/mol. The normalized spacial score (nSPS) is 20.4. The molecule has 0 saturated carbocycles. The van der Waals surface area contributed by atoms with Gasteiger partial charge in [0.15, 0.2) is 0 Å². The molecule has 2 aliphatic heterocycles. The van der Waals surface area contributed by atoms with Crippen molar-refractivity contribution in [2.45, 2.75) is 6.42 Å². The summed E-state index contributed by atoms with van der Waals surface area (Å²) in [7, 11) is 0. The summed E-state index contributed by atoms with van der Waals surface area (Å²) in [5.74, 6) is 0.907. The third-order valence-corrected chi connectivity index (χ3v) is 1.23. The van der Waals surface area contributed by atoms with E-state index in [1.165, 1.54) is 0 Å². The maximum Gasteiger partial charge on any atom is 1.00 e. The zero-order chi connectivity index (χ0) is 5.40. The Labute approximate surface area is 65.1 Å². The van der Waals surface area contributed by atoms with Gasteiger partial charge in [-0.25, -0.2) is 0 Å². The molecule has 0 N–H and O–H groups in total. The van der Waals surface area contributed by atoms with E-state index < -0.39 is 0 Å². The zero-order valence-electron chi connectivity index (χ0n) is 5.28. The Bertz CT molecular complexity index is 164. The summed E-state index contributed by atoms with van der Waals surface area (Å²) in [5, 5.41) is 8.99. The Morgan fingerprint density at radius 3 is 3.33 bits per heavy atom. The van der Waals surface area contributed by atoms with Crippen LogP contribution in [0.15, 0.2) is 22.3 Å². The second kappa shape index (κ2) is 2.42. The minimum absolute atomic E-state index is 0. The van der Waals surface area contributed by atoms with Gasteiger partial charge in [0.1, 0.15) is 0 Å². The molecule has 4 nitrogen and oxygen atoms in total. The van der Waals surface area contributed by atoms with Crippen LogP contribution in [0.4, 0.5) is 0 Å². The standard InChI is InChI=1S/C4H5N4.Li/c1-2-4-5-6-7-8(4)3-1;/h2H,1,3H2;/q-1;+1. The van der Waals surface area contributed by atoms with Gasteiger partial charge in [0.2, 0.25) is 0 Å². The van der Waals surface area contributed by atoms with Crippen LogP contribution in [-0.2, 0) is 0 Å². The second-order valence-corrected chi connectivity index (χ2v) is 1.75. The first-order valence-corrected chi connectivity index (χ1v) is 2.56. The van der Waals surface area contributed by atoms with Gasteiger partial charge >= 0.3 is 18.9 Å². The van der Waals surface area contributed by atoms with Crippen molar-refractivity contribution < 1.29 is 18.9 Å². The van der Waals surface area contributed by atoms with Crippen molar-refractivity contribution in [3.05, 3.63) is 17.3 Å². The van der Waals surface area contributed by atoms with Crippen LogP contribution in [0.5, 0.6) is 0 Å². The van der Waals surface area contributed by atoms with E-state index in [1.807, 2.05) is 6.08 Å². The van der Waals surface area contributed by atoms with E-state index >= 15 is 0 Å². The van der Waals surface area contributed by atoms with Crippen LogP contribution in [-0.4, -0.2) is 11.6 Å². The van der Waals surface area contributed by atoms with Crippen molar-refractivity contribution in [2.24, 2.45) is 10.4 Å². The molecule has 0 bridgehead atoms. The summed E-state index contributed by atoms with van der Waals surface area (Å²) in [6.45, 7) is 0.947. The number of fused-ring (bicyclic) bond motifs is 1. The first kappa shape index (κ1) is 6.65. The molecule has 0 aliphatic carbocycles. The molecular formula is C4H5LiN4. The molecule has 5 heteroatoms. The molecule has 0 aromatic heterocycles. The van der Waals surface area contributed by atoms with Crippen molar-refractivity contribution in [1.29, 1.82) is 0 Å². The maximum absolute atomic E-state index is 3.74. The predicted octanol–water partition coefficient (Wildman–Crippen LogP) is -1.79. The quantitative estimate of drug-likeness (QED) is 0.344. The topological polar surface area (TPSA) is 42.1 Å². The van der Waals surface area contributed by atoms with E-state index in [2.05, 4.69) is 15.9 Å². The van der Waals surface area contributed by atoms with Crippen LogP contribution >= 0.6 is 0 Å². The van der Waals surface area contributed by atoms with E-state index in [-0.39, 0.29) is 18.9 Å². The van der Waals surface area contributed by atoms with Crippen molar-refractivity contribution in [2.75, 3.05) is 6.54 Å². The number of hydrogen-bond donors (Lipinski definition) is 0. The van der Waals surface area contributed by atoms with E-state index in [1.54, 1.807) is 5.01 Å². The van der Waals surface area contributed by atoms with Gasteiger partial charge in [-0.15, -0.1) is 0 Å². The van der Waals surface area contributed by atoms with Gasteiger partial charge in [-0.3, -0.25) is 10.6 Å². The molecule has 2 aliphatic rings. The first-order chi connectivity index (χ1) is 3.97. The molecule has 2 rings (SSSR count). The molecule has 0 spiro atoms. The van der Waals surface area contributed by atoms with Crippen LogP contribution in [0.2, 0.25) is 0 Å². The van der Waals surface area contributed by atoms with Gasteiger partial charge in [-0.1, -0.05) is 6.08 Å². The van der Waals surface area contributed by atoms with Gasteiger partial charge in [0.05, 0.1) is 0 Å². The molecule has 0 saturated heterocycles. The summed E-state index contributed by atoms with van der Waals surface area (Å²) in [6.07, 6.45) is 3.08. The molecule has 0 atom stereocenters. The molecule has 9 heavy (non-hydrogen) atoms. The maximum atomic E-state index is 3.74. The molecular weight excluding hydrogens is 111 g/mol. The summed E-state index contributed by atoms with van der Waals surface area (Å²) < 4.78 is 0. The Hall–Kier alpha value is -0.463. The summed E-state index contributed by atoms with van der Waals surface area (Å²) in [4.78, 5) is 0. The van der Waals surface area contributed by atoms with Crippen molar-refractivity contribution >= 4 is 0 Å². The first-order valence-electron chi connectivity index (χ1n) is 2.56. The van der Waals surface area contributed by atoms with Crippen LogP contribution in [0.3, 0.4) is 0 Å². The molecule has 2 heterocycles. The van der Waals surface area contributed by atoms with Crippen molar-refractivity contribution in [1.82, 2.24) is 5.01 Å². The zero-order valence-corrected chi connectivity index (χ0v) is 5.28. The second-order valence-electron chi connectivity index (χ2n) is 1.75. The van der Waals surface area contributed by atoms with E-state index in [9.17, 15) is 0 Å². The van der Waals surface area contributed by atoms with Gasteiger partial charge in [0.25, 0.3) is 0 Å². The molecule has 0 radical (unpaired) electrons. The van der Waals surface area contributed by atoms with Crippen LogP contribution < -0.4 is 18.9 Å². The van der Waals surface area contributed by atoms with Crippen molar-refractivity contribution in [3.8, 4) is 0 Å². The smallest absolute Gasteiger partial charge is 0.373 e. The molecule has 0 aromatic rings. The number of nitrogens with zero attached hydrogens (tertiary/aromatic N) is 4. The summed E-state index contributed by atoms with van der Waals surface area (Å²) >= 11 is 0. The molecule has 0 fully saturated rings. The van der Waals surface area contributed by atoms with Gasteiger partial charge in [-0.05, 0) is 13.0 Å². The van der Waals surface area contributed by atoms with Gasteiger partial charge < -0.3 is 5.01 Å². The molecule has 42 valence electrons. The Morgan fingerprint density at radius 2 is 2.56 bits per heavy atom. The fraction of sp³-hybridized carbons (Fsp3) is 0.500. The fourth-order valence-corrected chi connectivity index (χ4v) is 0.833. The summed E-state index contributed by atoms with van der Waals surface area (Å²) in [6, 6.07) is 0. The Morgan fingerprint density at radius 1 is 1.67 bits per heavy atom.